The van der Waals surface area contributed by atoms with Crippen molar-refractivity contribution < 1.29 is 4.74 Å². The number of rotatable bonds is 8. The summed E-state index contributed by atoms with van der Waals surface area (Å²) in [7, 11) is 3.84. The molecule has 1 aliphatic heterocycles. The fourth-order valence-electron chi connectivity index (χ4n) is 5.96. The summed E-state index contributed by atoms with van der Waals surface area (Å²) >= 11 is 0. The number of ether oxygens (including phenoxy) is 1. The summed E-state index contributed by atoms with van der Waals surface area (Å²) in [5.41, 5.74) is 4.40. The Hall–Kier alpha value is -3.76. The molecule has 3 aromatic heterocycles. The quantitative estimate of drug-likeness (QED) is 0.349. The fourth-order valence-corrected chi connectivity index (χ4v) is 5.96. The van der Waals surface area contributed by atoms with Gasteiger partial charge in [-0.25, -0.2) is 9.67 Å². The Labute approximate surface area is 240 Å². The van der Waals surface area contributed by atoms with Gasteiger partial charge in [0.15, 0.2) is 0 Å². The third-order valence-corrected chi connectivity index (χ3v) is 8.39. The second kappa shape index (κ2) is 12.0. The van der Waals surface area contributed by atoms with E-state index in [1.54, 1.807) is 13.1 Å². The van der Waals surface area contributed by atoms with Gasteiger partial charge in [0, 0.05) is 81.7 Å². The molecule has 1 N–H and O–H groups in total. The summed E-state index contributed by atoms with van der Waals surface area (Å²) in [4.78, 5) is 21.3. The molecule has 10 heteroatoms. The number of pyridine rings is 1. The second-order valence-electron chi connectivity index (χ2n) is 11.4. The molecule has 4 aromatic rings. The molecule has 0 bridgehead atoms. The first kappa shape index (κ1) is 27.4. The number of benzene rings is 1. The Morgan fingerprint density at radius 2 is 1.71 bits per heavy atom. The third-order valence-electron chi connectivity index (χ3n) is 8.39. The van der Waals surface area contributed by atoms with Crippen LogP contribution in [0.15, 0.2) is 53.5 Å². The van der Waals surface area contributed by atoms with Gasteiger partial charge in [0.05, 0.1) is 11.6 Å². The SMILES string of the molecule is CCNc1cc2c(cn1)c(-c1ccc(CN3CCN(C)CC3)cc1)nn2[C@H]1CC[C@@H](Oc2ccc(=O)n(C)n2)CC1. The van der Waals surface area contributed by atoms with Gasteiger partial charge in [0.25, 0.3) is 5.56 Å². The molecule has 1 saturated heterocycles. The maximum atomic E-state index is 11.7. The van der Waals surface area contributed by atoms with Gasteiger partial charge in [-0.1, -0.05) is 24.3 Å². The van der Waals surface area contributed by atoms with Crippen LogP contribution in [0.4, 0.5) is 5.82 Å². The average Bonchev–Trinajstić information content (AvgIpc) is 3.36. The first-order valence-electron chi connectivity index (χ1n) is 14.8. The molecule has 0 spiro atoms. The number of anilines is 1. The van der Waals surface area contributed by atoms with Crippen molar-refractivity contribution in [3.05, 3.63) is 64.6 Å². The van der Waals surface area contributed by atoms with E-state index in [0.29, 0.717) is 5.88 Å². The first-order valence-corrected chi connectivity index (χ1v) is 14.8. The highest BCUT2D eigenvalue weighted by molar-refractivity contribution is 5.94. The summed E-state index contributed by atoms with van der Waals surface area (Å²) < 4.78 is 9.66. The molecule has 1 saturated carbocycles. The summed E-state index contributed by atoms with van der Waals surface area (Å²) in [6.07, 6.45) is 5.75. The van der Waals surface area contributed by atoms with E-state index in [0.717, 1.165) is 92.9 Å². The molecule has 6 rings (SSSR count). The van der Waals surface area contributed by atoms with Crippen LogP contribution < -0.4 is 15.6 Å². The van der Waals surface area contributed by atoms with Crippen LogP contribution in [0.3, 0.4) is 0 Å². The van der Waals surface area contributed by atoms with Crippen LogP contribution in [-0.2, 0) is 13.6 Å². The maximum Gasteiger partial charge on any atom is 0.266 e. The second-order valence-corrected chi connectivity index (χ2v) is 11.4. The van der Waals surface area contributed by atoms with E-state index >= 15 is 0 Å². The minimum Gasteiger partial charge on any atom is -0.473 e. The topological polar surface area (TPSA) is 93.3 Å². The van der Waals surface area contributed by atoms with Gasteiger partial charge >= 0.3 is 0 Å². The normalized spacial score (nSPS) is 20.4. The van der Waals surface area contributed by atoms with Gasteiger partial charge in [0.1, 0.15) is 17.6 Å². The zero-order chi connectivity index (χ0) is 28.3. The standard InChI is InChI=1S/C31H40N8O2/c1-4-32-28-19-27-26(20-33-28)31(23-7-5-22(6-8-23)21-38-17-15-36(2)16-18-38)35-39(27)24-9-11-25(12-10-24)41-29-13-14-30(40)37(3)34-29/h5-8,13-14,19-20,24-25H,4,9-12,15-18,21H2,1-3H3,(H,32,33)/t24-,25+. The maximum absolute atomic E-state index is 11.7. The van der Waals surface area contributed by atoms with Crippen LogP contribution in [0.5, 0.6) is 5.88 Å². The van der Waals surface area contributed by atoms with E-state index < -0.39 is 0 Å². The monoisotopic (exact) mass is 556 g/mol. The molecule has 0 amide bonds. The molecule has 0 radical (unpaired) electrons. The van der Waals surface area contributed by atoms with Crippen molar-refractivity contribution >= 4 is 16.7 Å². The van der Waals surface area contributed by atoms with Crippen LogP contribution in [0.2, 0.25) is 0 Å². The van der Waals surface area contributed by atoms with E-state index in [4.69, 9.17) is 9.84 Å². The molecule has 1 aromatic carbocycles. The Morgan fingerprint density at radius 1 is 0.951 bits per heavy atom. The Kier molecular flexibility index (Phi) is 8.02. The van der Waals surface area contributed by atoms with Crippen molar-refractivity contribution in [1.29, 1.82) is 0 Å². The number of aromatic nitrogens is 5. The van der Waals surface area contributed by atoms with Crippen LogP contribution in [0.25, 0.3) is 22.2 Å². The molecule has 216 valence electrons. The molecule has 2 aliphatic rings. The number of piperazine rings is 1. The van der Waals surface area contributed by atoms with E-state index in [9.17, 15) is 4.79 Å². The summed E-state index contributed by atoms with van der Waals surface area (Å²) in [6, 6.07) is 14.5. The lowest BCUT2D eigenvalue weighted by Crippen LogP contribution is -2.43. The fraction of sp³-hybridized carbons (Fsp3) is 0.484. The highest BCUT2D eigenvalue weighted by Gasteiger charge is 2.27. The molecule has 1 aliphatic carbocycles. The lowest BCUT2D eigenvalue weighted by molar-refractivity contribution is 0.123. The largest absolute Gasteiger partial charge is 0.473 e. The molecule has 2 fully saturated rings. The van der Waals surface area contributed by atoms with Gasteiger partial charge < -0.3 is 15.0 Å². The van der Waals surface area contributed by atoms with E-state index in [2.05, 4.69) is 74.2 Å². The minimum absolute atomic E-state index is 0.0735. The summed E-state index contributed by atoms with van der Waals surface area (Å²) in [5, 5.41) is 13.9. The molecule has 0 atom stereocenters. The summed E-state index contributed by atoms with van der Waals surface area (Å²) in [5.74, 6) is 1.37. The van der Waals surface area contributed by atoms with Gasteiger partial charge in [-0.2, -0.15) is 5.10 Å². The van der Waals surface area contributed by atoms with Crippen molar-refractivity contribution in [2.45, 2.75) is 51.3 Å². The van der Waals surface area contributed by atoms with Crippen LogP contribution >= 0.6 is 0 Å². The molecular formula is C31H40N8O2. The van der Waals surface area contributed by atoms with Crippen LogP contribution in [0, 0.1) is 0 Å². The smallest absolute Gasteiger partial charge is 0.266 e. The van der Waals surface area contributed by atoms with Gasteiger partial charge in [-0.05, 0) is 45.2 Å². The van der Waals surface area contributed by atoms with Crippen LogP contribution in [0.1, 0.15) is 44.2 Å². The summed E-state index contributed by atoms with van der Waals surface area (Å²) in [6.45, 7) is 8.36. The van der Waals surface area contributed by atoms with E-state index in [1.807, 2.05) is 6.20 Å². The van der Waals surface area contributed by atoms with E-state index in [1.165, 1.54) is 16.3 Å². The molecule has 10 nitrogen and oxygen atoms in total. The number of nitrogens with one attached hydrogen (secondary N) is 1. The first-order chi connectivity index (χ1) is 20.0. The number of aryl methyl sites for hydroxylation is 1. The molecular weight excluding hydrogens is 516 g/mol. The lowest BCUT2D eigenvalue weighted by Gasteiger charge is -2.32. The predicted molar refractivity (Wildman–Crippen MR) is 161 cm³/mol. The zero-order valence-corrected chi connectivity index (χ0v) is 24.3. The zero-order valence-electron chi connectivity index (χ0n) is 24.3. The number of nitrogens with zero attached hydrogens (tertiary/aromatic N) is 7. The highest BCUT2D eigenvalue weighted by atomic mass is 16.5. The van der Waals surface area contributed by atoms with Gasteiger partial charge in [-0.15, -0.1) is 5.10 Å². The number of fused-ring (bicyclic) bond motifs is 1. The number of hydrogen-bond donors (Lipinski definition) is 1. The molecule has 0 unspecified atom stereocenters. The van der Waals surface area contributed by atoms with Gasteiger partial charge in [-0.3, -0.25) is 14.4 Å². The Morgan fingerprint density at radius 3 is 2.41 bits per heavy atom. The number of hydrogen-bond acceptors (Lipinski definition) is 8. The third kappa shape index (κ3) is 6.13. The Balaban J connectivity index is 1.21. The number of likely N-dealkylation sites (N-methyl/N-ethyl adjacent to an activating group) is 1. The minimum atomic E-state index is -0.140. The van der Waals surface area contributed by atoms with Gasteiger partial charge in [0.2, 0.25) is 5.88 Å². The Bertz CT molecular complexity index is 1530. The van der Waals surface area contributed by atoms with Crippen molar-refractivity contribution in [2.24, 2.45) is 7.05 Å². The van der Waals surface area contributed by atoms with E-state index in [-0.39, 0.29) is 17.7 Å². The predicted octanol–water partition coefficient (Wildman–Crippen LogP) is 3.93. The van der Waals surface area contributed by atoms with Crippen molar-refractivity contribution in [2.75, 3.05) is 45.1 Å². The molecule has 4 heterocycles. The van der Waals surface area contributed by atoms with Crippen molar-refractivity contribution in [3.63, 3.8) is 0 Å². The van der Waals surface area contributed by atoms with Crippen molar-refractivity contribution in [3.8, 4) is 17.1 Å². The molecule has 41 heavy (non-hydrogen) atoms. The highest BCUT2D eigenvalue weighted by Crippen LogP contribution is 2.36. The van der Waals surface area contributed by atoms with Crippen LogP contribution in [-0.4, -0.2) is 80.2 Å². The van der Waals surface area contributed by atoms with Crippen molar-refractivity contribution in [1.82, 2.24) is 34.3 Å². The lowest BCUT2D eigenvalue weighted by atomic mass is 9.93. The average molecular weight is 557 g/mol.